The molecule has 0 aromatic heterocycles. The molecule has 0 spiro atoms. The zero-order chi connectivity index (χ0) is 39.4. The molecule has 5 rings (SSSR count). The van der Waals surface area contributed by atoms with Crippen LogP contribution in [-0.4, -0.2) is 33.5 Å². The molecule has 5 aromatic carbocycles. The molecule has 5 heteroatoms. The Morgan fingerprint density at radius 3 is 1.21 bits per heavy atom. The summed E-state index contributed by atoms with van der Waals surface area (Å²) in [7, 11) is 1.68. The number of hydrogen-bond acceptors (Lipinski definition) is 5. The van der Waals surface area contributed by atoms with E-state index in [0.717, 1.165) is 101 Å². The number of benzene rings is 5. The van der Waals surface area contributed by atoms with Crippen molar-refractivity contribution >= 4 is 10.8 Å². The van der Waals surface area contributed by atoms with Crippen molar-refractivity contribution in [2.45, 2.75) is 79.1 Å². The van der Waals surface area contributed by atoms with E-state index in [9.17, 15) is 0 Å². The van der Waals surface area contributed by atoms with E-state index in [0.29, 0.717) is 49.4 Å². The van der Waals surface area contributed by atoms with Crippen LogP contribution < -0.4 is 23.7 Å². The minimum Gasteiger partial charge on any atom is -0.497 e. The molecule has 0 amide bonds. The Balaban J connectivity index is 1.59. The van der Waals surface area contributed by atoms with Gasteiger partial charge in [-0.25, -0.2) is 0 Å². The quantitative estimate of drug-likeness (QED) is 0.0700. The molecule has 5 nitrogen and oxygen atoms in total. The summed E-state index contributed by atoms with van der Waals surface area (Å²) >= 11 is 0. The molecule has 0 radical (unpaired) electrons. The van der Waals surface area contributed by atoms with Gasteiger partial charge in [0, 0.05) is 35.4 Å². The largest absolute Gasteiger partial charge is 0.497 e. The predicted molar refractivity (Wildman–Crippen MR) is 229 cm³/mol. The van der Waals surface area contributed by atoms with Gasteiger partial charge in [0.15, 0.2) is 0 Å². The van der Waals surface area contributed by atoms with Gasteiger partial charge in [-0.3, -0.25) is 0 Å². The van der Waals surface area contributed by atoms with E-state index in [2.05, 4.69) is 81.4 Å². The van der Waals surface area contributed by atoms with Crippen LogP contribution in [0.1, 0.15) is 112 Å². The van der Waals surface area contributed by atoms with Gasteiger partial charge in [-0.1, -0.05) is 119 Å². The van der Waals surface area contributed by atoms with Crippen LogP contribution in [0.5, 0.6) is 28.7 Å². The van der Waals surface area contributed by atoms with Crippen molar-refractivity contribution in [2.75, 3.05) is 33.5 Å². The van der Waals surface area contributed by atoms with Crippen LogP contribution in [0.2, 0.25) is 0 Å². The van der Waals surface area contributed by atoms with Crippen LogP contribution in [0.3, 0.4) is 0 Å². The van der Waals surface area contributed by atoms with E-state index in [-0.39, 0.29) is 0 Å². The van der Waals surface area contributed by atoms with Crippen molar-refractivity contribution in [2.24, 2.45) is 0 Å². The number of fused-ring (bicyclic) bond motifs is 1. The highest BCUT2D eigenvalue weighted by Gasteiger charge is 2.14. The standard InChI is InChI=1S/C51H54O5/c1-6-10-29-53-48-37-45(50(55-31-12-8-3)35-43(48)23-19-39-17-15-14-16-18-39)25-26-46-38-49(54-30-11-7-2)44(36-51(46)56-32-13-9-4)24-21-40-20-22-42-34-47(52-5)28-27-41(42)33-40/h14-18,20,22,27-28,33-38H,6-13,29-32H2,1-5H3. The molecular weight excluding hydrogens is 693 g/mol. The molecule has 0 atom stereocenters. The number of hydrogen-bond donors (Lipinski definition) is 0. The lowest BCUT2D eigenvalue weighted by molar-refractivity contribution is 0.299. The summed E-state index contributed by atoms with van der Waals surface area (Å²) in [5.74, 6) is 23.8. The van der Waals surface area contributed by atoms with Crippen LogP contribution in [0, 0.1) is 35.5 Å². The zero-order valence-electron chi connectivity index (χ0n) is 33.7. The predicted octanol–water partition coefficient (Wildman–Crippen LogP) is 11.8. The van der Waals surface area contributed by atoms with Gasteiger partial charge in [0.25, 0.3) is 0 Å². The van der Waals surface area contributed by atoms with Crippen LogP contribution in [0.25, 0.3) is 10.8 Å². The maximum Gasteiger partial charge on any atom is 0.136 e. The first-order chi connectivity index (χ1) is 27.5. The van der Waals surface area contributed by atoms with E-state index < -0.39 is 0 Å². The second kappa shape index (κ2) is 22.4. The molecule has 0 aliphatic rings. The van der Waals surface area contributed by atoms with Crippen LogP contribution in [0.4, 0.5) is 0 Å². The first-order valence-corrected chi connectivity index (χ1v) is 20.1. The monoisotopic (exact) mass is 746 g/mol. The van der Waals surface area contributed by atoms with E-state index >= 15 is 0 Å². The Labute approximate surface area is 334 Å². The fraction of sp³-hybridized carbons (Fsp3) is 0.333. The Hall–Kier alpha value is -5.96. The molecule has 0 unspecified atom stereocenters. The highest BCUT2D eigenvalue weighted by molar-refractivity contribution is 5.85. The van der Waals surface area contributed by atoms with Crippen LogP contribution in [-0.2, 0) is 0 Å². The molecule has 0 aliphatic carbocycles. The highest BCUT2D eigenvalue weighted by atomic mass is 16.5. The molecule has 0 heterocycles. The van der Waals surface area contributed by atoms with Gasteiger partial charge in [-0.05, 0) is 72.9 Å². The SMILES string of the molecule is CCCCOc1cc(C#Cc2cc(OCCCC)c(C#Cc3ccc4cc(OC)ccc4c3)cc2OCCCC)c(OCCCC)cc1C#Cc1ccccc1. The fourth-order valence-corrected chi connectivity index (χ4v) is 5.66. The first-order valence-electron chi connectivity index (χ1n) is 20.1. The molecule has 5 aromatic rings. The molecule has 56 heavy (non-hydrogen) atoms. The van der Waals surface area contributed by atoms with Crippen molar-refractivity contribution in [1.29, 1.82) is 0 Å². The molecule has 0 saturated heterocycles. The number of methoxy groups -OCH3 is 1. The first kappa shape index (κ1) is 41.2. The minimum atomic E-state index is 0.567. The van der Waals surface area contributed by atoms with E-state index in [1.165, 1.54) is 0 Å². The molecule has 0 saturated carbocycles. The highest BCUT2D eigenvalue weighted by Crippen LogP contribution is 2.32. The molecule has 0 bridgehead atoms. The number of rotatable bonds is 17. The average molecular weight is 747 g/mol. The average Bonchev–Trinajstić information content (AvgIpc) is 3.23. The van der Waals surface area contributed by atoms with Crippen molar-refractivity contribution in [3.05, 3.63) is 124 Å². The smallest absolute Gasteiger partial charge is 0.136 e. The molecule has 288 valence electrons. The maximum absolute atomic E-state index is 6.40. The molecule has 0 aliphatic heterocycles. The minimum absolute atomic E-state index is 0.567. The topological polar surface area (TPSA) is 46.2 Å². The van der Waals surface area contributed by atoms with E-state index in [1.54, 1.807) is 7.11 Å². The van der Waals surface area contributed by atoms with Gasteiger partial charge in [0.05, 0.1) is 55.8 Å². The summed E-state index contributed by atoms with van der Waals surface area (Å²) in [6.45, 7) is 10.9. The van der Waals surface area contributed by atoms with Crippen molar-refractivity contribution < 1.29 is 23.7 Å². The van der Waals surface area contributed by atoms with Crippen LogP contribution in [0.15, 0.2) is 91.0 Å². The summed E-state index contributed by atoms with van der Waals surface area (Å²) in [5.41, 5.74) is 4.81. The van der Waals surface area contributed by atoms with Crippen molar-refractivity contribution in [1.82, 2.24) is 0 Å². The van der Waals surface area contributed by atoms with Gasteiger partial charge in [0.1, 0.15) is 28.7 Å². The third kappa shape index (κ3) is 12.3. The lowest BCUT2D eigenvalue weighted by atomic mass is 10.0. The lowest BCUT2D eigenvalue weighted by Crippen LogP contribution is -2.04. The lowest BCUT2D eigenvalue weighted by Gasteiger charge is -2.14. The Morgan fingerprint density at radius 1 is 0.393 bits per heavy atom. The second-order valence-electron chi connectivity index (χ2n) is 13.5. The fourth-order valence-electron chi connectivity index (χ4n) is 5.66. The van der Waals surface area contributed by atoms with Gasteiger partial charge >= 0.3 is 0 Å². The van der Waals surface area contributed by atoms with Gasteiger partial charge in [0.2, 0.25) is 0 Å². The molecule has 0 fully saturated rings. The Kier molecular flexibility index (Phi) is 16.5. The van der Waals surface area contributed by atoms with Gasteiger partial charge in [-0.15, -0.1) is 0 Å². The Morgan fingerprint density at radius 2 is 0.786 bits per heavy atom. The summed E-state index contributed by atoms with van der Waals surface area (Å²) in [4.78, 5) is 0. The maximum atomic E-state index is 6.40. The normalized spacial score (nSPS) is 10.3. The third-order valence-electron chi connectivity index (χ3n) is 9.02. The summed E-state index contributed by atoms with van der Waals surface area (Å²) in [6, 6.07) is 30.1. The summed E-state index contributed by atoms with van der Waals surface area (Å²) in [5, 5.41) is 2.20. The van der Waals surface area contributed by atoms with Gasteiger partial charge in [-0.2, -0.15) is 0 Å². The van der Waals surface area contributed by atoms with Gasteiger partial charge < -0.3 is 23.7 Å². The van der Waals surface area contributed by atoms with Crippen molar-refractivity contribution in [3.63, 3.8) is 0 Å². The summed E-state index contributed by atoms with van der Waals surface area (Å²) < 4.78 is 30.9. The van der Waals surface area contributed by atoms with E-state index in [1.807, 2.05) is 72.8 Å². The second-order valence-corrected chi connectivity index (χ2v) is 13.5. The molecular formula is C51H54O5. The summed E-state index contributed by atoms with van der Waals surface area (Å²) in [6.07, 6.45) is 7.78. The van der Waals surface area contributed by atoms with E-state index in [4.69, 9.17) is 23.7 Å². The molecule has 0 N–H and O–H groups in total. The number of ether oxygens (including phenoxy) is 5. The van der Waals surface area contributed by atoms with Crippen molar-refractivity contribution in [3.8, 4) is 64.3 Å². The zero-order valence-corrected chi connectivity index (χ0v) is 33.7. The third-order valence-corrected chi connectivity index (χ3v) is 9.02. The van der Waals surface area contributed by atoms with Crippen LogP contribution >= 0.6 is 0 Å². The number of unbranched alkanes of at least 4 members (excludes halogenated alkanes) is 4. The Bertz CT molecular complexity index is 2220.